The molecule has 4 aliphatic rings. The van der Waals surface area contributed by atoms with Gasteiger partial charge in [-0.3, -0.25) is 9.69 Å². The van der Waals surface area contributed by atoms with Crippen LogP contribution >= 0.6 is 11.6 Å². The number of hydrogen-bond acceptors (Lipinski definition) is 7. The van der Waals surface area contributed by atoms with Gasteiger partial charge < -0.3 is 24.2 Å². The molecule has 2 aromatic rings. The Morgan fingerprint density at radius 3 is 2.69 bits per heavy atom. The summed E-state index contributed by atoms with van der Waals surface area (Å²) in [6.45, 7) is 13.4. The topological polar surface area (TPSA) is 89.1 Å². The van der Waals surface area contributed by atoms with Gasteiger partial charge in [0.15, 0.2) is 0 Å². The molecule has 1 amide bonds. The maximum atomic E-state index is 13.6. The monoisotopic (exact) mass is 752 g/mol. The second kappa shape index (κ2) is 18.4. The van der Waals surface area contributed by atoms with Gasteiger partial charge in [0.2, 0.25) is 0 Å². The van der Waals surface area contributed by atoms with Crippen LogP contribution in [-0.4, -0.2) is 85.7 Å². The van der Waals surface area contributed by atoms with Crippen LogP contribution in [0.25, 0.3) is 0 Å². The number of nitrogens with zero attached hydrogens (tertiary/aromatic N) is 2. The number of halogens is 1. The lowest BCUT2D eigenvalue weighted by Crippen LogP contribution is -2.57. The Labute approximate surface area is 320 Å². The minimum absolute atomic E-state index is 0.105. The molecule has 7 unspecified atom stereocenters. The summed E-state index contributed by atoms with van der Waals surface area (Å²) in [6.07, 6.45) is 14.6. The average Bonchev–Trinajstić information content (AvgIpc) is 3.31. The van der Waals surface area contributed by atoms with E-state index in [2.05, 4.69) is 58.0 Å². The van der Waals surface area contributed by atoms with Gasteiger partial charge in [-0.1, -0.05) is 62.9 Å². The number of anilines is 1. The molecule has 286 valence electrons. The summed E-state index contributed by atoms with van der Waals surface area (Å²) in [5, 5.41) is 4.20. The first-order valence-corrected chi connectivity index (χ1v) is 21.5. The number of ether oxygens (including phenoxy) is 2. The molecule has 0 aromatic heterocycles. The third-order valence-corrected chi connectivity index (χ3v) is 14.0. The van der Waals surface area contributed by atoms with Crippen LogP contribution in [0.2, 0.25) is 5.02 Å². The SMILES string of the molecule is CCCc1cc(Cl)ccc1C1COc2ccc3cc2N(C1)CC1CCC1C(CN1CCCCCCNCC1)(OC)/C=C/CC(C)C(C)[S+]([O-])NC3=O. The molecule has 0 spiro atoms. The molecule has 0 radical (unpaired) electrons. The number of allylic oxidation sites excluding steroid dienone is 1. The normalized spacial score (nSPS) is 31.7. The van der Waals surface area contributed by atoms with E-state index in [1.165, 1.54) is 36.8 Å². The number of benzene rings is 2. The third-order valence-electron chi connectivity index (χ3n) is 12.3. The Morgan fingerprint density at radius 1 is 1.06 bits per heavy atom. The number of aryl methyl sites for hydroxylation is 1. The van der Waals surface area contributed by atoms with E-state index >= 15 is 0 Å². The van der Waals surface area contributed by atoms with Crippen LogP contribution in [0.15, 0.2) is 48.6 Å². The van der Waals surface area contributed by atoms with Crippen LogP contribution in [0.4, 0.5) is 5.69 Å². The smallest absolute Gasteiger partial charge is 0.292 e. The van der Waals surface area contributed by atoms with E-state index in [1.54, 1.807) is 6.07 Å². The van der Waals surface area contributed by atoms with Crippen molar-refractivity contribution in [3.05, 3.63) is 70.3 Å². The second-order valence-electron chi connectivity index (χ2n) is 15.8. The Balaban J connectivity index is 1.38. The van der Waals surface area contributed by atoms with Crippen molar-refractivity contribution in [2.45, 2.75) is 95.3 Å². The van der Waals surface area contributed by atoms with Gasteiger partial charge >= 0.3 is 0 Å². The van der Waals surface area contributed by atoms with Gasteiger partial charge in [-0.25, -0.2) is 0 Å². The van der Waals surface area contributed by atoms with E-state index in [1.807, 2.05) is 32.2 Å². The number of hydrogen-bond donors (Lipinski definition) is 2. The minimum Gasteiger partial charge on any atom is -0.593 e. The molecule has 52 heavy (non-hydrogen) atoms. The minimum atomic E-state index is -1.54. The van der Waals surface area contributed by atoms with Gasteiger partial charge in [-0.05, 0) is 112 Å². The van der Waals surface area contributed by atoms with Crippen LogP contribution in [0, 0.1) is 17.8 Å². The van der Waals surface area contributed by atoms with E-state index < -0.39 is 17.0 Å². The zero-order valence-corrected chi connectivity index (χ0v) is 33.4. The van der Waals surface area contributed by atoms with Crippen molar-refractivity contribution in [1.29, 1.82) is 0 Å². The van der Waals surface area contributed by atoms with Crippen LogP contribution < -0.4 is 19.7 Å². The lowest BCUT2D eigenvalue weighted by atomic mass is 9.63. The zero-order valence-electron chi connectivity index (χ0n) is 31.8. The molecule has 2 aromatic carbocycles. The molecule has 3 aliphatic heterocycles. The molecule has 10 heteroatoms. The fraction of sp³-hybridized carbons (Fsp3) is 0.643. The Bertz CT molecular complexity index is 1520. The van der Waals surface area contributed by atoms with Gasteiger partial charge in [-0.15, -0.1) is 0 Å². The average molecular weight is 753 g/mol. The first kappa shape index (κ1) is 39.4. The predicted molar refractivity (Wildman–Crippen MR) is 214 cm³/mol. The molecule has 2 bridgehead atoms. The maximum absolute atomic E-state index is 13.6. The molecule has 1 saturated carbocycles. The summed E-state index contributed by atoms with van der Waals surface area (Å²) in [7, 11) is 1.90. The summed E-state index contributed by atoms with van der Waals surface area (Å²) < 4.78 is 29.7. The first-order valence-electron chi connectivity index (χ1n) is 19.9. The van der Waals surface area contributed by atoms with Crippen LogP contribution in [0.5, 0.6) is 5.75 Å². The number of amides is 1. The van der Waals surface area contributed by atoms with Gasteiger partial charge in [0.25, 0.3) is 5.91 Å². The third kappa shape index (κ3) is 9.32. The van der Waals surface area contributed by atoms with Gasteiger partial charge in [0.05, 0.1) is 23.7 Å². The number of fused-ring (bicyclic) bond motifs is 2. The molecule has 8 nitrogen and oxygen atoms in total. The van der Waals surface area contributed by atoms with Gasteiger partial charge in [0, 0.05) is 62.3 Å². The van der Waals surface area contributed by atoms with Crippen molar-refractivity contribution in [2.24, 2.45) is 17.8 Å². The van der Waals surface area contributed by atoms with E-state index in [0.29, 0.717) is 24.0 Å². The first-order chi connectivity index (χ1) is 25.2. The Hall–Kier alpha value is -2.27. The van der Waals surface area contributed by atoms with Crippen molar-refractivity contribution in [2.75, 3.05) is 64.4 Å². The van der Waals surface area contributed by atoms with Gasteiger partial charge in [-0.2, -0.15) is 4.72 Å². The molecular formula is C42H61ClN4O4S. The summed E-state index contributed by atoms with van der Waals surface area (Å²) in [5.41, 5.74) is 3.52. The number of methoxy groups -OCH3 is 1. The fourth-order valence-electron chi connectivity index (χ4n) is 8.79. The molecule has 7 atom stereocenters. The number of carbonyl (C=O) groups excluding carboxylic acids is 1. The van der Waals surface area contributed by atoms with E-state index in [9.17, 15) is 9.35 Å². The van der Waals surface area contributed by atoms with Crippen molar-refractivity contribution in [3.8, 4) is 5.75 Å². The zero-order chi connectivity index (χ0) is 36.7. The standard InChI is InChI=1S/C42H61ClN4O4S/c1-5-11-32-24-36(43)15-16-37(32)35-27-47-26-34-13-17-38(34)42(50-4,29-46-22-9-7-6-8-20-44-21-23-46)19-10-12-30(2)31(3)52(49)45-41(48)33-14-18-40(51-28-35)39(47)25-33/h10,14-16,18-19,24-25,30-31,34-35,38,44H,5-9,11-13,17,20-23,26-29H2,1-4H3,(H,45,48)/b19-10+. The molecule has 1 aliphatic carbocycles. The molecular weight excluding hydrogens is 692 g/mol. The van der Waals surface area contributed by atoms with E-state index in [-0.39, 0.29) is 23.0 Å². The van der Waals surface area contributed by atoms with Crippen molar-refractivity contribution in [3.63, 3.8) is 0 Å². The van der Waals surface area contributed by atoms with Crippen LogP contribution in [0.3, 0.4) is 0 Å². The van der Waals surface area contributed by atoms with Gasteiger partial charge in [0.1, 0.15) is 16.6 Å². The lowest BCUT2D eigenvalue weighted by molar-refractivity contribution is -0.0915. The summed E-state index contributed by atoms with van der Waals surface area (Å²) >= 11 is 4.97. The number of carbonyl (C=O) groups is 1. The Morgan fingerprint density at radius 2 is 1.90 bits per heavy atom. The quantitative estimate of drug-likeness (QED) is 0.233. The highest BCUT2D eigenvalue weighted by Crippen LogP contribution is 2.47. The highest BCUT2D eigenvalue weighted by molar-refractivity contribution is 7.90. The van der Waals surface area contributed by atoms with Crippen molar-refractivity contribution >= 4 is 34.6 Å². The molecule has 2 fully saturated rings. The number of rotatable bonds is 6. The second-order valence-corrected chi connectivity index (χ2v) is 17.8. The summed E-state index contributed by atoms with van der Waals surface area (Å²) in [6, 6.07) is 12.0. The highest BCUT2D eigenvalue weighted by atomic mass is 35.5. The van der Waals surface area contributed by atoms with Crippen LogP contribution in [0.1, 0.15) is 99.5 Å². The van der Waals surface area contributed by atoms with E-state index in [4.69, 9.17) is 21.1 Å². The summed E-state index contributed by atoms with van der Waals surface area (Å²) in [5.74, 6) is 1.41. The lowest BCUT2D eigenvalue weighted by Gasteiger charge is -2.51. The molecule has 2 N–H and O–H groups in total. The van der Waals surface area contributed by atoms with Crippen molar-refractivity contribution < 1.29 is 18.8 Å². The van der Waals surface area contributed by atoms with Crippen LogP contribution in [-0.2, 0) is 22.5 Å². The molecule has 6 rings (SSSR count). The number of nitrogens with one attached hydrogen (secondary N) is 2. The largest absolute Gasteiger partial charge is 0.593 e. The van der Waals surface area contributed by atoms with Crippen molar-refractivity contribution in [1.82, 2.24) is 14.9 Å². The fourth-order valence-corrected chi connectivity index (χ4v) is 10.0. The maximum Gasteiger partial charge on any atom is 0.292 e. The molecule has 1 saturated heterocycles. The van der Waals surface area contributed by atoms with E-state index in [0.717, 1.165) is 94.4 Å². The highest BCUT2D eigenvalue weighted by Gasteiger charge is 2.48. The predicted octanol–water partition coefficient (Wildman–Crippen LogP) is 7.53. The Kier molecular flexibility index (Phi) is 13.9. The molecule has 3 heterocycles. The summed E-state index contributed by atoms with van der Waals surface area (Å²) in [4.78, 5) is 18.7.